The zero-order valence-electron chi connectivity index (χ0n) is 11.9. The lowest BCUT2D eigenvalue weighted by Crippen LogP contribution is -2.36. The van der Waals surface area contributed by atoms with Crippen LogP contribution in [0.1, 0.15) is 30.4 Å². The molecule has 0 amide bonds. The van der Waals surface area contributed by atoms with Gasteiger partial charge in [-0.3, -0.25) is 9.80 Å². The number of hydrogen-bond acceptors (Lipinski definition) is 3. The zero-order valence-corrected chi connectivity index (χ0v) is 12.7. The Kier molecular flexibility index (Phi) is 4.34. The highest BCUT2D eigenvalue weighted by atomic mass is 32.1. The molecule has 2 fully saturated rings. The van der Waals surface area contributed by atoms with E-state index in [0.29, 0.717) is 4.99 Å². The summed E-state index contributed by atoms with van der Waals surface area (Å²) in [4.78, 5) is 5.75. The van der Waals surface area contributed by atoms with E-state index in [1.54, 1.807) is 0 Å². The maximum absolute atomic E-state index is 5.84. The van der Waals surface area contributed by atoms with Crippen molar-refractivity contribution in [3.05, 3.63) is 35.4 Å². The number of nitrogens with zero attached hydrogens (tertiary/aromatic N) is 2. The molecular weight excluding hydrogens is 266 g/mol. The largest absolute Gasteiger partial charge is 0.389 e. The van der Waals surface area contributed by atoms with Gasteiger partial charge in [-0.2, -0.15) is 0 Å². The molecule has 108 valence electrons. The summed E-state index contributed by atoms with van der Waals surface area (Å²) in [5.74, 6) is 0. The molecule has 1 unspecified atom stereocenters. The molecule has 0 saturated carbocycles. The van der Waals surface area contributed by atoms with Crippen molar-refractivity contribution >= 4 is 17.2 Å². The molecule has 2 saturated heterocycles. The first-order valence-electron chi connectivity index (χ1n) is 7.58. The van der Waals surface area contributed by atoms with Crippen molar-refractivity contribution in [1.82, 2.24) is 9.80 Å². The first-order valence-corrected chi connectivity index (χ1v) is 7.99. The van der Waals surface area contributed by atoms with Crippen molar-refractivity contribution < 1.29 is 0 Å². The summed E-state index contributed by atoms with van der Waals surface area (Å²) in [6.07, 6.45) is 3.99. The number of rotatable bonds is 3. The Morgan fingerprint density at radius 3 is 2.85 bits per heavy atom. The van der Waals surface area contributed by atoms with Crippen LogP contribution in [0.25, 0.3) is 0 Å². The second-order valence-corrected chi connectivity index (χ2v) is 6.38. The number of hydrogen-bond donors (Lipinski definition) is 1. The van der Waals surface area contributed by atoms with Gasteiger partial charge < -0.3 is 5.73 Å². The number of thiocarbonyl (C=S) groups is 1. The van der Waals surface area contributed by atoms with Crippen LogP contribution in [0.3, 0.4) is 0 Å². The van der Waals surface area contributed by atoms with E-state index in [1.807, 2.05) is 12.1 Å². The fraction of sp³-hybridized carbons (Fsp3) is 0.562. The molecule has 0 bridgehead atoms. The number of benzene rings is 1. The molecule has 20 heavy (non-hydrogen) atoms. The minimum atomic E-state index is 0.512. The molecule has 1 atom stereocenters. The highest BCUT2D eigenvalue weighted by molar-refractivity contribution is 7.80. The first-order chi connectivity index (χ1) is 9.74. The fourth-order valence-electron chi connectivity index (χ4n) is 3.57. The average molecular weight is 289 g/mol. The molecule has 0 radical (unpaired) electrons. The van der Waals surface area contributed by atoms with E-state index in [2.05, 4.69) is 21.9 Å². The smallest absolute Gasteiger partial charge is 0.104 e. The maximum atomic E-state index is 5.84. The fourth-order valence-corrected chi connectivity index (χ4v) is 3.77. The molecule has 0 spiro atoms. The topological polar surface area (TPSA) is 32.5 Å². The number of fused-ring (bicyclic) bond motifs is 1. The minimum absolute atomic E-state index is 0.512. The van der Waals surface area contributed by atoms with E-state index in [-0.39, 0.29) is 0 Å². The van der Waals surface area contributed by atoms with E-state index in [0.717, 1.165) is 18.2 Å². The molecular formula is C16H23N3S. The Morgan fingerprint density at radius 1 is 1.20 bits per heavy atom. The summed E-state index contributed by atoms with van der Waals surface area (Å²) in [7, 11) is 0. The van der Waals surface area contributed by atoms with Gasteiger partial charge in [0.25, 0.3) is 0 Å². The molecule has 3 nitrogen and oxygen atoms in total. The molecule has 4 heteroatoms. The summed E-state index contributed by atoms with van der Waals surface area (Å²) in [6, 6.07) is 9.05. The van der Waals surface area contributed by atoms with Crippen molar-refractivity contribution in [2.45, 2.75) is 31.8 Å². The Bertz CT molecular complexity index is 488. The summed E-state index contributed by atoms with van der Waals surface area (Å²) in [5, 5.41) is 0. The van der Waals surface area contributed by atoms with Crippen LogP contribution in [0.4, 0.5) is 0 Å². The summed E-state index contributed by atoms with van der Waals surface area (Å²) in [6.45, 7) is 5.89. The van der Waals surface area contributed by atoms with Gasteiger partial charge in [-0.15, -0.1) is 0 Å². The second-order valence-electron chi connectivity index (χ2n) is 5.94. The van der Waals surface area contributed by atoms with E-state index in [9.17, 15) is 0 Å². The van der Waals surface area contributed by atoms with Crippen LogP contribution in [-0.4, -0.2) is 47.0 Å². The molecule has 1 aromatic rings. The predicted molar refractivity (Wildman–Crippen MR) is 86.8 cm³/mol. The van der Waals surface area contributed by atoms with Crippen molar-refractivity contribution in [3.8, 4) is 0 Å². The first kappa shape index (κ1) is 14.0. The lowest BCUT2D eigenvalue weighted by Gasteiger charge is -2.26. The molecule has 2 aliphatic rings. The van der Waals surface area contributed by atoms with Crippen LogP contribution in [0.15, 0.2) is 24.3 Å². The van der Waals surface area contributed by atoms with Gasteiger partial charge >= 0.3 is 0 Å². The van der Waals surface area contributed by atoms with Gasteiger partial charge in [0.2, 0.25) is 0 Å². The van der Waals surface area contributed by atoms with E-state index < -0.39 is 0 Å². The van der Waals surface area contributed by atoms with Gasteiger partial charge in [-0.25, -0.2) is 0 Å². The molecule has 2 N–H and O–H groups in total. The molecule has 0 aliphatic carbocycles. The van der Waals surface area contributed by atoms with Gasteiger partial charge in [0.15, 0.2) is 0 Å². The molecule has 3 rings (SSSR count). The lowest BCUT2D eigenvalue weighted by atomic mass is 10.1. The van der Waals surface area contributed by atoms with E-state index in [1.165, 1.54) is 51.0 Å². The van der Waals surface area contributed by atoms with Gasteiger partial charge in [0.1, 0.15) is 4.99 Å². The predicted octanol–water partition coefficient (Wildman–Crippen LogP) is 1.99. The van der Waals surface area contributed by atoms with E-state index >= 15 is 0 Å². The standard InChI is InChI=1S/C16H23N3S/c17-16(20)15-7-2-1-5-13(15)11-18-8-4-10-19-9-3-6-14(19)12-18/h1-2,5,7,14H,3-4,6,8-12H2,(H2,17,20). The lowest BCUT2D eigenvalue weighted by molar-refractivity contribution is 0.215. The van der Waals surface area contributed by atoms with Gasteiger partial charge in [-0.05, 0) is 44.5 Å². The van der Waals surface area contributed by atoms with Crippen molar-refractivity contribution in [3.63, 3.8) is 0 Å². The maximum Gasteiger partial charge on any atom is 0.104 e. The Hall–Kier alpha value is -0.970. The summed E-state index contributed by atoms with van der Waals surface area (Å²) < 4.78 is 0. The van der Waals surface area contributed by atoms with Crippen LogP contribution in [0.5, 0.6) is 0 Å². The van der Waals surface area contributed by atoms with Crippen LogP contribution in [-0.2, 0) is 6.54 Å². The Labute approximate surface area is 126 Å². The third kappa shape index (κ3) is 3.03. The molecule has 2 aliphatic heterocycles. The average Bonchev–Trinajstić information content (AvgIpc) is 2.78. The quantitative estimate of drug-likeness (QED) is 0.863. The highest BCUT2D eigenvalue weighted by Gasteiger charge is 2.28. The monoisotopic (exact) mass is 289 g/mol. The van der Waals surface area contributed by atoms with E-state index in [4.69, 9.17) is 18.0 Å². The summed E-state index contributed by atoms with van der Waals surface area (Å²) >= 11 is 5.17. The molecule has 0 aromatic heterocycles. The van der Waals surface area contributed by atoms with Crippen LogP contribution in [0.2, 0.25) is 0 Å². The van der Waals surface area contributed by atoms with Crippen LogP contribution < -0.4 is 5.73 Å². The normalized spacial score (nSPS) is 24.3. The van der Waals surface area contributed by atoms with Crippen molar-refractivity contribution in [2.75, 3.05) is 26.2 Å². The number of nitrogens with two attached hydrogens (primary N) is 1. The van der Waals surface area contributed by atoms with Gasteiger partial charge in [-0.1, -0.05) is 36.5 Å². The molecule has 2 heterocycles. The van der Waals surface area contributed by atoms with Crippen molar-refractivity contribution in [2.24, 2.45) is 5.73 Å². The Balaban J connectivity index is 1.72. The Morgan fingerprint density at radius 2 is 2.00 bits per heavy atom. The van der Waals surface area contributed by atoms with Crippen molar-refractivity contribution in [1.29, 1.82) is 0 Å². The SMILES string of the molecule is NC(=S)c1ccccc1CN1CCCN2CCCC2C1. The van der Waals surface area contributed by atoms with Crippen LogP contribution >= 0.6 is 12.2 Å². The zero-order chi connectivity index (χ0) is 13.9. The molecule has 1 aromatic carbocycles. The third-order valence-electron chi connectivity index (χ3n) is 4.56. The highest BCUT2D eigenvalue weighted by Crippen LogP contribution is 2.22. The second kappa shape index (κ2) is 6.20. The van der Waals surface area contributed by atoms with Gasteiger partial charge in [0.05, 0.1) is 0 Å². The third-order valence-corrected chi connectivity index (χ3v) is 4.78. The van der Waals surface area contributed by atoms with Crippen LogP contribution in [0, 0.1) is 0 Å². The minimum Gasteiger partial charge on any atom is -0.389 e. The van der Waals surface area contributed by atoms with Gasteiger partial charge in [0, 0.05) is 24.7 Å². The summed E-state index contributed by atoms with van der Waals surface area (Å²) in [5.41, 5.74) is 8.15.